The van der Waals surface area contributed by atoms with E-state index in [2.05, 4.69) is 16.5 Å². The Morgan fingerprint density at radius 3 is 2.48 bits per heavy atom. The van der Waals surface area contributed by atoms with Crippen molar-refractivity contribution in [1.29, 1.82) is 0 Å². The van der Waals surface area contributed by atoms with Crippen LogP contribution in [0.4, 0.5) is 5.82 Å². The molecule has 1 aromatic carbocycles. The molecule has 0 saturated carbocycles. The lowest BCUT2D eigenvalue weighted by atomic mass is 10.0. The van der Waals surface area contributed by atoms with Crippen LogP contribution in [-0.4, -0.2) is 21.1 Å². The van der Waals surface area contributed by atoms with Crippen molar-refractivity contribution in [2.45, 2.75) is 27.7 Å². The lowest BCUT2D eigenvalue weighted by Gasteiger charge is -2.16. The summed E-state index contributed by atoms with van der Waals surface area (Å²) >= 11 is 5.92. The van der Waals surface area contributed by atoms with Crippen LogP contribution in [0.15, 0.2) is 54.2 Å². The first-order chi connectivity index (χ1) is 13.9. The van der Waals surface area contributed by atoms with Gasteiger partial charge in [0.05, 0.1) is 23.6 Å². The zero-order valence-corrected chi connectivity index (χ0v) is 17.8. The van der Waals surface area contributed by atoms with E-state index in [0.29, 0.717) is 45.5 Å². The molecule has 0 amide bonds. The monoisotopic (exact) mass is 412 g/mol. The Bertz CT molecular complexity index is 1060. The molecule has 2 aromatic heterocycles. The Hall–Kier alpha value is -3.12. The minimum absolute atomic E-state index is 0.210. The van der Waals surface area contributed by atoms with Crippen molar-refractivity contribution in [2.75, 3.05) is 12.3 Å². The zero-order chi connectivity index (χ0) is 21.6. The van der Waals surface area contributed by atoms with E-state index in [1.807, 2.05) is 20.8 Å². The molecule has 6 nitrogen and oxygen atoms in total. The largest absolute Gasteiger partial charge is 0.494 e. The molecular formula is C22H25ClN4O2. The number of benzene rings is 1. The summed E-state index contributed by atoms with van der Waals surface area (Å²) in [6, 6.07) is 8.69. The number of hydrogen-bond donors (Lipinski definition) is 1. The van der Waals surface area contributed by atoms with Crippen LogP contribution in [0.2, 0.25) is 5.02 Å². The maximum Gasteiger partial charge on any atom is 0.261 e. The molecule has 2 heterocycles. The number of hydrogen-bond acceptors (Lipinski definition) is 5. The summed E-state index contributed by atoms with van der Waals surface area (Å²) in [5.41, 5.74) is 8.65. The van der Waals surface area contributed by atoms with Crippen LogP contribution in [0.1, 0.15) is 31.9 Å². The van der Waals surface area contributed by atoms with Crippen molar-refractivity contribution in [2.24, 2.45) is 0 Å². The number of ether oxygens (including phenoxy) is 1. The number of rotatable bonds is 5. The number of aromatic nitrogens is 3. The number of nitrogen functional groups attached to an aromatic ring is 1. The molecule has 152 valence electrons. The third-order valence-electron chi connectivity index (χ3n) is 4.14. The number of nitrogens with zero attached hydrogens (tertiary/aromatic N) is 3. The Kier molecular flexibility index (Phi) is 7.56. The quantitative estimate of drug-likeness (QED) is 0.604. The van der Waals surface area contributed by atoms with Gasteiger partial charge in [-0.15, -0.1) is 0 Å². The third-order valence-corrected chi connectivity index (χ3v) is 4.39. The van der Waals surface area contributed by atoms with E-state index in [-0.39, 0.29) is 11.4 Å². The summed E-state index contributed by atoms with van der Waals surface area (Å²) in [5.74, 6) is 0.706. The standard InChI is InChI=1S/C20H19ClN4O2.C2H6/c1-4-27-13(3)16-9-10-23-19(22)17(16)18-12(2)20(26)25(11-24-18)15-7-5-14(21)6-8-15;1-2/h5-11H,3-4H2,1-2H3,(H2,22,23);1-2H3. The first kappa shape index (κ1) is 22.2. The molecule has 2 N–H and O–H groups in total. The topological polar surface area (TPSA) is 83.0 Å². The Labute approximate surface area is 175 Å². The Morgan fingerprint density at radius 1 is 1.21 bits per heavy atom. The van der Waals surface area contributed by atoms with Crippen LogP contribution in [0, 0.1) is 6.92 Å². The van der Waals surface area contributed by atoms with Gasteiger partial charge in [-0.25, -0.2) is 9.97 Å². The molecule has 0 fully saturated rings. The van der Waals surface area contributed by atoms with Crippen molar-refractivity contribution >= 4 is 23.2 Å². The molecular weight excluding hydrogens is 388 g/mol. The van der Waals surface area contributed by atoms with Crippen molar-refractivity contribution in [3.8, 4) is 16.9 Å². The smallest absolute Gasteiger partial charge is 0.261 e. The van der Waals surface area contributed by atoms with Crippen LogP contribution in [0.3, 0.4) is 0 Å². The summed E-state index contributed by atoms with van der Waals surface area (Å²) in [4.78, 5) is 21.6. The van der Waals surface area contributed by atoms with Crippen molar-refractivity contribution in [1.82, 2.24) is 14.5 Å². The fourth-order valence-corrected chi connectivity index (χ4v) is 2.92. The van der Waals surface area contributed by atoms with Crippen LogP contribution in [-0.2, 0) is 4.74 Å². The highest BCUT2D eigenvalue weighted by molar-refractivity contribution is 6.30. The van der Waals surface area contributed by atoms with Gasteiger partial charge in [0.15, 0.2) is 0 Å². The summed E-state index contributed by atoms with van der Waals surface area (Å²) in [6.45, 7) is 12.0. The van der Waals surface area contributed by atoms with Gasteiger partial charge in [0, 0.05) is 22.3 Å². The molecule has 3 aromatic rings. The molecule has 29 heavy (non-hydrogen) atoms. The van der Waals surface area contributed by atoms with E-state index in [4.69, 9.17) is 22.1 Å². The van der Waals surface area contributed by atoms with Gasteiger partial charge in [-0.05, 0) is 44.2 Å². The molecule has 0 radical (unpaired) electrons. The fourth-order valence-electron chi connectivity index (χ4n) is 2.80. The predicted molar refractivity (Wildman–Crippen MR) is 119 cm³/mol. The molecule has 0 unspecified atom stereocenters. The Balaban J connectivity index is 0.00000145. The number of anilines is 1. The molecule has 0 aliphatic rings. The lowest BCUT2D eigenvalue weighted by molar-refractivity contribution is 0.299. The molecule has 0 spiro atoms. The number of pyridine rings is 1. The van der Waals surface area contributed by atoms with Crippen LogP contribution >= 0.6 is 11.6 Å². The summed E-state index contributed by atoms with van der Waals surface area (Å²) in [6.07, 6.45) is 3.04. The first-order valence-corrected chi connectivity index (χ1v) is 9.73. The van der Waals surface area contributed by atoms with E-state index < -0.39 is 0 Å². The van der Waals surface area contributed by atoms with Gasteiger partial charge in [0.25, 0.3) is 5.56 Å². The third kappa shape index (κ3) is 4.66. The van der Waals surface area contributed by atoms with Gasteiger partial charge in [0.2, 0.25) is 0 Å². The summed E-state index contributed by atoms with van der Waals surface area (Å²) < 4.78 is 6.98. The van der Waals surface area contributed by atoms with Gasteiger partial charge < -0.3 is 10.5 Å². The second kappa shape index (κ2) is 9.89. The van der Waals surface area contributed by atoms with Gasteiger partial charge in [0.1, 0.15) is 17.9 Å². The van der Waals surface area contributed by atoms with Crippen molar-refractivity contribution in [3.05, 3.63) is 75.9 Å². The maximum absolute atomic E-state index is 12.9. The van der Waals surface area contributed by atoms with Gasteiger partial charge >= 0.3 is 0 Å². The average Bonchev–Trinajstić information content (AvgIpc) is 2.73. The van der Waals surface area contributed by atoms with E-state index in [9.17, 15) is 4.79 Å². The van der Waals surface area contributed by atoms with Gasteiger partial charge in [-0.1, -0.05) is 32.0 Å². The van der Waals surface area contributed by atoms with Crippen molar-refractivity contribution in [3.63, 3.8) is 0 Å². The van der Waals surface area contributed by atoms with Crippen molar-refractivity contribution < 1.29 is 4.74 Å². The molecule has 0 aliphatic carbocycles. The van der Waals surface area contributed by atoms with Crippen LogP contribution in [0.5, 0.6) is 0 Å². The molecule has 3 rings (SSSR count). The molecule has 0 bridgehead atoms. The second-order valence-electron chi connectivity index (χ2n) is 5.84. The van der Waals surface area contributed by atoms with Gasteiger partial charge in [-0.2, -0.15) is 0 Å². The second-order valence-corrected chi connectivity index (χ2v) is 6.28. The highest BCUT2D eigenvalue weighted by Gasteiger charge is 2.19. The highest BCUT2D eigenvalue weighted by atomic mass is 35.5. The normalized spacial score (nSPS) is 10.1. The lowest BCUT2D eigenvalue weighted by Crippen LogP contribution is -2.22. The SMILES string of the molecule is C=C(OCC)c1ccnc(N)c1-c1ncn(-c2ccc(Cl)cc2)c(=O)c1C.CC. The van der Waals surface area contributed by atoms with E-state index >= 15 is 0 Å². The van der Waals surface area contributed by atoms with E-state index in [0.717, 1.165) is 0 Å². The van der Waals surface area contributed by atoms with E-state index in [1.54, 1.807) is 43.5 Å². The molecule has 7 heteroatoms. The first-order valence-electron chi connectivity index (χ1n) is 9.35. The number of halogens is 1. The maximum atomic E-state index is 12.9. The zero-order valence-electron chi connectivity index (χ0n) is 17.1. The minimum Gasteiger partial charge on any atom is -0.494 e. The minimum atomic E-state index is -0.210. The van der Waals surface area contributed by atoms with E-state index in [1.165, 1.54) is 10.9 Å². The fraction of sp³-hybridized carbons (Fsp3) is 0.227. The van der Waals surface area contributed by atoms with Gasteiger partial charge in [-0.3, -0.25) is 9.36 Å². The predicted octanol–water partition coefficient (Wildman–Crippen LogP) is 4.87. The number of nitrogens with two attached hydrogens (primary N) is 1. The summed E-state index contributed by atoms with van der Waals surface area (Å²) in [5, 5.41) is 0.593. The molecule has 0 atom stereocenters. The summed E-state index contributed by atoms with van der Waals surface area (Å²) in [7, 11) is 0. The highest BCUT2D eigenvalue weighted by Crippen LogP contribution is 2.32. The molecule has 0 saturated heterocycles. The average molecular weight is 413 g/mol. The Morgan fingerprint density at radius 2 is 1.86 bits per heavy atom. The van der Waals surface area contributed by atoms with Crippen LogP contribution in [0.25, 0.3) is 22.7 Å². The molecule has 0 aliphatic heterocycles. The van der Waals surface area contributed by atoms with Crippen LogP contribution < -0.4 is 11.3 Å².